The standard InChI is InChI=1S/C13H10ClNO2/c14-10-2-1-3-13(8-10)17-12-6-4-11(5-7-12)15-9-16/h1-9H,(H,15,16). The lowest BCUT2D eigenvalue weighted by atomic mass is 10.3. The van der Waals surface area contributed by atoms with Crippen molar-refractivity contribution in [3.05, 3.63) is 53.6 Å². The predicted molar refractivity (Wildman–Crippen MR) is 67.7 cm³/mol. The lowest BCUT2D eigenvalue weighted by molar-refractivity contribution is -0.105. The summed E-state index contributed by atoms with van der Waals surface area (Å²) in [5.74, 6) is 1.36. The Morgan fingerprint density at radius 2 is 1.82 bits per heavy atom. The molecule has 0 radical (unpaired) electrons. The van der Waals surface area contributed by atoms with Crippen LogP contribution < -0.4 is 10.1 Å². The monoisotopic (exact) mass is 247 g/mol. The van der Waals surface area contributed by atoms with E-state index in [1.165, 1.54) is 0 Å². The average molecular weight is 248 g/mol. The molecule has 2 rings (SSSR count). The molecule has 1 N–H and O–H groups in total. The molecule has 86 valence electrons. The molecule has 0 bridgehead atoms. The number of halogens is 1. The summed E-state index contributed by atoms with van der Waals surface area (Å²) in [5.41, 5.74) is 0.721. The fourth-order valence-corrected chi connectivity index (χ4v) is 1.53. The lowest BCUT2D eigenvalue weighted by Crippen LogP contribution is -1.92. The van der Waals surface area contributed by atoms with Crippen LogP contribution in [0.2, 0.25) is 5.02 Å². The first-order valence-corrected chi connectivity index (χ1v) is 5.39. The smallest absolute Gasteiger partial charge is 0.211 e. The SMILES string of the molecule is O=CNc1ccc(Oc2cccc(Cl)c2)cc1. The van der Waals surface area contributed by atoms with Crippen molar-refractivity contribution in [2.24, 2.45) is 0 Å². The molecule has 0 saturated carbocycles. The highest BCUT2D eigenvalue weighted by Gasteiger charge is 1.98. The van der Waals surface area contributed by atoms with Gasteiger partial charge in [-0.2, -0.15) is 0 Å². The third-order valence-corrected chi connectivity index (χ3v) is 2.35. The lowest BCUT2D eigenvalue weighted by Gasteiger charge is -2.06. The van der Waals surface area contributed by atoms with Gasteiger partial charge in [0.2, 0.25) is 6.41 Å². The van der Waals surface area contributed by atoms with Crippen LogP contribution in [0.15, 0.2) is 48.5 Å². The number of carbonyl (C=O) groups is 1. The summed E-state index contributed by atoms with van der Waals surface area (Å²) in [4.78, 5) is 10.2. The Morgan fingerprint density at radius 1 is 1.06 bits per heavy atom. The number of hydrogen-bond donors (Lipinski definition) is 1. The fraction of sp³-hybridized carbons (Fsp3) is 0. The Bertz CT molecular complexity index is 511. The van der Waals surface area contributed by atoms with Gasteiger partial charge in [0.05, 0.1) is 0 Å². The normalized spacial score (nSPS) is 9.71. The molecule has 0 aliphatic carbocycles. The van der Waals surface area contributed by atoms with E-state index in [4.69, 9.17) is 16.3 Å². The Labute approximate surface area is 104 Å². The molecule has 2 aromatic carbocycles. The van der Waals surface area contributed by atoms with Gasteiger partial charge in [0.25, 0.3) is 0 Å². The second-order valence-corrected chi connectivity index (χ2v) is 3.78. The molecule has 0 heterocycles. The number of amides is 1. The predicted octanol–water partition coefficient (Wildman–Crippen LogP) is 3.70. The highest BCUT2D eigenvalue weighted by Crippen LogP contribution is 2.24. The molecule has 0 aliphatic heterocycles. The molecule has 1 amide bonds. The number of nitrogens with one attached hydrogen (secondary N) is 1. The van der Waals surface area contributed by atoms with E-state index in [0.717, 1.165) is 5.69 Å². The maximum Gasteiger partial charge on any atom is 0.211 e. The van der Waals surface area contributed by atoms with Crippen molar-refractivity contribution >= 4 is 23.7 Å². The van der Waals surface area contributed by atoms with E-state index >= 15 is 0 Å². The Morgan fingerprint density at radius 3 is 2.47 bits per heavy atom. The number of carbonyl (C=O) groups excluding carboxylic acids is 1. The van der Waals surface area contributed by atoms with Crippen LogP contribution in [0.3, 0.4) is 0 Å². The van der Waals surface area contributed by atoms with Crippen molar-refractivity contribution in [2.75, 3.05) is 5.32 Å². The second-order valence-electron chi connectivity index (χ2n) is 3.35. The number of rotatable bonds is 4. The van der Waals surface area contributed by atoms with Crippen LogP contribution >= 0.6 is 11.6 Å². The maximum atomic E-state index is 10.2. The van der Waals surface area contributed by atoms with E-state index in [9.17, 15) is 4.79 Å². The highest BCUT2D eigenvalue weighted by atomic mass is 35.5. The molecular weight excluding hydrogens is 238 g/mol. The molecule has 2 aromatic rings. The summed E-state index contributed by atoms with van der Waals surface area (Å²) in [6.45, 7) is 0. The molecule has 0 atom stereocenters. The van der Waals surface area contributed by atoms with Gasteiger partial charge in [-0.3, -0.25) is 4.79 Å². The van der Waals surface area contributed by atoms with E-state index in [1.54, 1.807) is 36.4 Å². The molecule has 0 aromatic heterocycles. The van der Waals surface area contributed by atoms with Crippen LogP contribution in [0.5, 0.6) is 11.5 Å². The highest BCUT2D eigenvalue weighted by molar-refractivity contribution is 6.30. The van der Waals surface area contributed by atoms with Crippen LogP contribution in [0.4, 0.5) is 5.69 Å². The van der Waals surface area contributed by atoms with Crippen LogP contribution in [0.25, 0.3) is 0 Å². The van der Waals surface area contributed by atoms with Gasteiger partial charge in [0, 0.05) is 10.7 Å². The number of benzene rings is 2. The summed E-state index contributed by atoms with van der Waals surface area (Å²) in [6.07, 6.45) is 0.632. The van der Waals surface area contributed by atoms with Gasteiger partial charge in [-0.25, -0.2) is 0 Å². The number of hydrogen-bond acceptors (Lipinski definition) is 2. The number of anilines is 1. The van der Waals surface area contributed by atoms with E-state index < -0.39 is 0 Å². The molecular formula is C13H10ClNO2. The minimum Gasteiger partial charge on any atom is -0.457 e. The van der Waals surface area contributed by atoms with Crippen LogP contribution in [-0.2, 0) is 4.79 Å². The zero-order valence-electron chi connectivity index (χ0n) is 8.89. The minimum atomic E-state index is 0.627. The molecule has 4 heteroatoms. The van der Waals surface area contributed by atoms with Crippen LogP contribution in [0.1, 0.15) is 0 Å². The first-order chi connectivity index (χ1) is 8.28. The van der Waals surface area contributed by atoms with Crippen molar-refractivity contribution in [1.82, 2.24) is 0 Å². The topological polar surface area (TPSA) is 38.3 Å². The zero-order chi connectivity index (χ0) is 12.1. The molecule has 0 spiro atoms. The zero-order valence-corrected chi connectivity index (χ0v) is 9.65. The van der Waals surface area contributed by atoms with E-state index in [0.29, 0.717) is 22.9 Å². The fourth-order valence-electron chi connectivity index (χ4n) is 1.35. The van der Waals surface area contributed by atoms with Crippen LogP contribution in [-0.4, -0.2) is 6.41 Å². The molecule has 0 aliphatic rings. The third kappa shape index (κ3) is 3.23. The Hall–Kier alpha value is -2.00. The summed E-state index contributed by atoms with van der Waals surface area (Å²) < 4.78 is 5.59. The van der Waals surface area contributed by atoms with Crippen molar-refractivity contribution in [3.8, 4) is 11.5 Å². The van der Waals surface area contributed by atoms with Gasteiger partial charge in [-0.15, -0.1) is 0 Å². The van der Waals surface area contributed by atoms with Gasteiger partial charge in [-0.1, -0.05) is 17.7 Å². The Balaban J connectivity index is 2.11. The molecule has 17 heavy (non-hydrogen) atoms. The van der Waals surface area contributed by atoms with E-state index in [2.05, 4.69) is 5.32 Å². The van der Waals surface area contributed by atoms with Gasteiger partial charge in [0.15, 0.2) is 0 Å². The first-order valence-electron chi connectivity index (χ1n) is 5.01. The van der Waals surface area contributed by atoms with Crippen molar-refractivity contribution in [1.29, 1.82) is 0 Å². The largest absolute Gasteiger partial charge is 0.457 e. The number of ether oxygens (including phenoxy) is 1. The van der Waals surface area contributed by atoms with Crippen molar-refractivity contribution in [2.45, 2.75) is 0 Å². The van der Waals surface area contributed by atoms with Crippen molar-refractivity contribution < 1.29 is 9.53 Å². The quantitative estimate of drug-likeness (QED) is 0.837. The van der Waals surface area contributed by atoms with Gasteiger partial charge in [-0.05, 0) is 42.5 Å². The van der Waals surface area contributed by atoms with Crippen molar-refractivity contribution in [3.63, 3.8) is 0 Å². The van der Waals surface area contributed by atoms with Crippen LogP contribution in [0, 0.1) is 0 Å². The minimum absolute atomic E-state index is 0.627. The second kappa shape index (κ2) is 5.37. The summed E-state index contributed by atoms with van der Waals surface area (Å²) >= 11 is 5.85. The Kier molecular flexibility index (Phi) is 3.62. The summed E-state index contributed by atoms with van der Waals surface area (Å²) in [6, 6.07) is 14.2. The van der Waals surface area contributed by atoms with Gasteiger partial charge < -0.3 is 10.1 Å². The van der Waals surface area contributed by atoms with E-state index in [1.807, 2.05) is 12.1 Å². The maximum absolute atomic E-state index is 10.2. The van der Waals surface area contributed by atoms with Gasteiger partial charge >= 0.3 is 0 Å². The van der Waals surface area contributed by atoms with Gasteiger partial charge in [0.1, 0.15) is 11.5 Å². The molecule has 0 unspecified atom stereocenters. The third-order valence-electron chi connectivity index (χ3n) is 2.11. The van der Waals surface area contributed by atoms with E-state index in [-0.39, 0.29) is 0 Å². The summed E-state index contributed by atoms with van der Waals surface area (Å²) in [7, 11) is 0. The molecule has 0 saturated heterocycles. The summed E-state index contributed by atoms with van der Waals surface area (Å²) in [5, 5.41) is 3.18. The first kappa shape index (κ1) is 11.5. The molecule has 0 fully saturated rings. The molecule has 3 nitrogen and oxygen atoms in total. The average Bonchev–Trinajstić information content (AvgIpc) is 2.32.